The number of amides is 2. The van der Waals surface area contributed by atoms with Gasteiger partial charge in [0.15, 0.2) is 0 Å². The molecule has 3 nitrogen and oxygen atoms in total. The van der Waals surface area contributed by atoms with Crippen LogP contribution in [0.3, 0.4) is 0 Å². The summed E-state index contributed by atoms with van der Waals surface area (Å²) in [7, 11) is 0. The summed E-state index contributed by atoms with van der Waals surface area (Å²) in [5.74, 6) is -0.177. The molecule has 1 aromatic rings. The largest absolute Gasteiger partial charge is 0.271 e. The summed E-state index contributed by atoms with van der Waals surface area (Å²) < 4.78 is 0. The fourth-order valence-electron chi connectivity index (χ4n) is 3.73. The van der Waals surface area contributed by atoms with E-state index in [0.717, 1.165) is 25.7 Å². The summed E-state index contributed by atoms with van der Waals surface area (Å²) in [6, 6.07) is 7.31. The van der Waals surface area contributed by atoms with Crippen molar-refractivity contribution in [3.05, 3.63) is 35.4 Å². The number of carbonyl (C=O) groups is 2. The number of benzene rings is 1. The maximum absolute atomic E-state index is 12.8. The maximum Gasteiger partial charge on any atom is 0.261 e. The molecule has 138 valence electrons. The predicted octanol–water partition coefficient (Wildman–Crippen LogP) is 5.98. The lowest BCUT2D eigenvalue weighted by Crippen LogP contribution is -2.39. The molecule has 0 saturated carbocycles. The molecule has 1 unspecified atom stereocenters. The van der Waals surface area contributed by atoms with E-state index in [9.17, 15) is 9.59 Å². The van der Waals surface area contributed by atoms with Crippen molar-refractivity contribution in [3.63, 3.8) is 0 Å². The molecule has 0 spiro atoms. The number of nitrogens with zero attached hydrogens (tertiary/aromatic N) is 1. The van der Waals surface area contributed by atoms with Gasteiger partial charge in [-0.15, -0.1) is 0 Å². The first-order valence-electron chi connectivity index (χ1n) is 10.2. The number of hydrogen-bond acceptors (Lipinski definition) is 2. The minimum absolute atomic E-state index is 0.0610. The van der Waals surface area contributed by atoms with E-state index >= 15 is 0 Å². The molecule has 1 aliphatic rings. The van der Waals surface area contributed by atoms with Gasteiger partial charge in [-0.3, -0.25) is 14.5 Å². The molecule has 0 bridgehead atoms. The zero-order chi connectivity index (χ0) is 18.1. The van der Waals surface area contributed by atoms with Gasteiger partial charge in [-0.25, -0.2) is 0 Å². The Labute approximate surface area is 152 Å². The number of rotatable bonds is 12. The van der Waals surface area contributed by atoms with Crippen LogP contribution in [0.2, 0.25) is 0 Å². The molecule has 2 amide bonds. The van der Waals surface area contributed by atoms with Crippen LogP contribution in [-0.2, 0) is 0 Å². The fourth-order valence-corrected chi connectivity index (χ4v) is 3.73. The molecule has 1 aliphatic heterocycles. The molecule has 0 fully saturated rings. The quantitative estimate of drug-likeness (QED) is 0.346. The highest BCUT2D eigenvalue weighted by atomic mass is 16.2. The number of carbonyl (C=O) groups excluding carboxylic acids is 2. The van der Waals surface area contributed by atoms with Gasteiger partial charge in [0.25, 0.3) is 11.8 Å². The van der Waals surface area contributed by atoms with Gasteiger partial charge in [0, 0.05) is 6.04 Å². The second-order valence-electron chi connectivity index (χ2n) is 7.23. The van der Waals surface area contributed by atoms with Gasteiger partial charge in [0.1, 0.15) is 0 Å². The first kappa shape index (κ1) is 19.7. The second kappa shape index (κ2) is 10.4. The Morgan fingerprint density at radius 1 is 0.720 bits per heavy atom. The highest BCUT2D eigenvalue weighted by Crippen LogP contribution is 2.28. The molecular formula is C22H33NO2. The number of unbranched alkanes of at least 4 members (excludes halogenated alkanes) is 7. The van der Waals surface area contributed by atoms with E-state index in [1.54, 1.807) is 17.0 Å². The van der Waals surface area contributed by atoms with Crippen molar-refractivity contribution in [2.75, 3.05) is 0 Å². The third kappa shape index (κ3) is 5.17. The SMILES string of the molecule is CCCCCCCC(CCCCCC)N1C(=O)c2ccccc2C1=O. The first-order chi connectivity index (χ1) is 12.2. The highest BCUT2D eigenvalue weighted by molar-refractivity contribution is 6.21. The van der Waals surface area contributed by atoms with Gasteiger partial charge in [-0.05, 0) is 25.0 Å². The molecule has 0 N–H and O–H groups in total. The van der Waals surface area contributed by atoms with E-state index in [2.05, 4.69) is 13.8 Å². The highest BCUT2D eigenvalue weighted by Gasteiger charge is 2.39. The molecule has 0 saturated heterocycles. The third-order valence-corrected chi connectivity index (χ3v) is 5.22. The Kier molecular flexibility index (Phi) is 8.17. The van der Waals surface area contributed by atoms with Gasteiger partial charge in [-0.1, -0.05) is 83.8 Å². The normalized spacial score (nSPS) is 14.9. The van der Waals surface area contributed by atoms with Crippen molar-refractivity contribution in [2.45, 2.75) is 90.5 Å². The molecule has 1 heterocycles. The lowest BCUT2D eigenvalue weighted by Gasteiger charge is -2.26. The minimum atomic E-state index is -0.0883. The van der Waals surface area contributed by atoms with Crippen molar-refractivity contribution in [2.24, 2.45) is 0 Å². The summed E-state index contributed by atoms with van der Waals surface area (Å²) in [5, 5.41) is 0. The van der Waals surface area contributed by atoms with Crippen molar-refractivity contribution in [1.29, 1.82) is 0 Å². The number of imide groups is 1. The summed E-state index contributed by atoms with van der Waals surface area (Å²) >= 11 is 0. The molecule has 0 aromatic heterocycles. The van der Waals surface area contributed by atoms with E-state index < -0.39 is 0 Å². The number of hydrogen-bond donors (Lipinski definition) is 0. The molecule has 3 heteroatoms. The Bertz CT molecular complexity index is 532. The van der Waals surface area contributed by atoms with E-state index in [1.807, 2.05) is 12.1 Å². The van der Waals surface area contributed by atoms with Gasteiger partial charge < -0.3 is 0 Å². The Hall–Kier alpha value is -1.64. The zero-order valence-electron chi connectivity index (χ0n) is 15.9. The average molecular weight is 344 g/mol. The van der Waals surface area contributed by atoms with Crippen LogP contribution < -0.4 is 0 Å². The molecule has 1 atom stereocenters. The molecule has 0 aliphatic carbocycles. The van der Waals surface area contributed by atoms with E-state index in [4.69, 9.17) is 0 Å². The van der Waals surface area contributed by atoms with Crippen molar-refractivity contribution >= 4 is 11.8 Å². The summed E-state index contributed by atoms with van der Waals surface area (Å²) in [4.78, 5) is 27.1. The first-order valence-corrected chi connectivity index (χ1v) is 10.2. The smallest absolute Gasteiger partial charge is 0.261 e. The maximum atomic E-state index is 12.8. The second-order valence-corrected chi connectivity index (χ2v) is 7.23. The van der Waals surface area contributed by atoms with Gasteiger partial charge in [-0.2, -0.15) is 0 Å². The van der Waals surface area contributed by atoms with Gasteiger partial charge in [0.05, 0.1) is 11.1 Å². The fraction of sp³-hybridized carbons (Fsp3) is 0.636. The predicted molar refractivity (Wildman–Crippen MR) is 103 cm³/mol. The molecule has 25 heavy (non-hydrogen) atoms. The summed E-state index contributed by atoms with van der Waals surface area (Å²) in [6.45, 7) is 4.42. The number of fused-ring (bicyclic) bond motifs is 1. The van der Waals surface area contributed by atoms with Gasteiger partial charge >= 0.3 is 0 Å². The van der Waals surface area contributed by atoms with Crippen molar-refractivity contribution in [3.8, 4) is 0 Å². The minimum Gasteiger partial charge on any atom is -0.271 e. The van der Waals surface area contributed by atoms with E-state index in [1.165, 1.54) is 44.9 Å². The lowest BCUT2D eigenvalue weighted by molar-refractivity contribution is 0.0563. The third-order valence-electron chi connectivity index (χ3n) is 5.22. The van der Waals surface area contributed by atoms with E-state index in [-0.39, 0.29) is 17.9 Å². The Morgan fingerprint density at radius 3 is 1.64 bits per heavy atom. The van der Waals surface area contributed by atoms with Crippen LogP contribution in [0.1, 0.15) is 105 Å². The Balaban J connectivity index is 2.01. The van der Waals surface area contributed by atoms with Crippen LogP contribution in [0.25, 0.3) is 0 Å². The lowest BCUT2D eigenvalue weighted by atomic mass is 9.99. The molecule has 1 aromatic carbocycles. The summed E-state index contributed by atoms with van der Waals surface area (Å²) in [5.41, 5.74) is 1.16. The van der Waals surface area contributed by atoms with Crippen LogP contribution >= 0.6 is 0 Å². The van der Waals surface area contributed by atoms with Crippen LogP contribution in [-0.4, -0.2) is 22.8 Å². The standard InChI is InChI=1S/C22H33NO2/c1-3-5-7-9-11-15-18(14-10-8-6-4-2)23-21(24)19-16-12-13-17-20(19)22(23)25/h12-13,16-18H,3-11,14-15H2,1-2H3. The van der Waals surface area contributed by atoms with Crippen LogP contribution in [0.4, 0.5) is 0 Å². The van der Waals surface area contributed by atoms with Gasteiger partial charge in [0.2, 0.25) is 0 Å². The monoisotopic (exact) mass is 343 g/mol. The molecular weight excluding hydrogens is 310 g/mol. The summed E-state index contributed by atoms with van der Waals surface area (Å²) in [6.07, 6.45) is 12.7. The van der Waals surface area contributed by atoms with Crippen LogP contribution in [0.15, 0.2) is 24.3 Å². The molecule has 2 rings (SSSR count). The zero-order valence-corrected chi connectivity index (χ0v) is 15.9. The molecule has 0 radical (unpaired) electrons. The van der Waals surface area contributed by atoms with Crippen molar-refractivity contribution < 1.29 is 9.59 Å². The Morgan fingerprint density at radius 2 is 1.16 bits per heavy atom. The van der Waals surface area contributed by atoms with E-state index in [0.29, 0.717) is 11.1 Å². The van der Waals surface area contributed by atoms with Crippen molar-refractivity contribution in [1.82, 2.24) is 4.90 Å². The van der Waals surface area contributed by atoms with Crippen LogP contribution in [0.5, 0.6) is 0 Å². The topological polar surface area (TPSA) is 37.4 Å². The average Bonchev–Trinajstić information content (AvgIpc) is 2.88. The van der Waals surface area contributed by atoms with Crippen LogP contribution in [0, 0.1) is 0 Å².